The van der Waals surface area contributed by atoms with Crippen molar-refractivity contribution in [2.24, 2.45) is 0 Å². The van der Waals surface area contributed by atoms with Crippen molar-refractivity contribution in [2.45, 2.75) is 6.61 Å². The number of esters is 1. The number of carbonyl (C=O) groups is 1. The molecule has 0 spiro atoms. The number of hydrogen-bond acceptors (Lipinski definition) is 3. The highest BCUT2D eigenvalue weighted by atomic mass is 35.5. The van der Waals surface area contributed by atoms with Gasteiger partial charge in [-0.3, -0.25) is 0 Å². The van der Waals surface area contributed by atoms with Crippen LogP contribution in [-0.4, -0.2) is 11.1 Å². The number of halogens is 1. The Balaban J connectivity index is 2.04. The molecule has 92 valence electrons. The lowest BCUT2D eigenvalue weighted by Crippen LogP contribution is -2.05. The minimum Gasteiger partial charge on any atom is -0.508 e. The van der Waals surface area contributed by atoms with Gasteiger partial charge in [0.05, 0.1) is 10.6 Å². The molecule has 2 aromatic carbocycles. The van der Waals surface area contributed by atoms with Crippen molar-refractivity contribution >= 4 is 17.6 Å². The van der Waals surface area contributed by atoms with Gasteiger partial charge < -0.3 is 9.84 Å². The van der Waals surface area contributed by atoms with Crippen LogP contribution in [0.4, 0.5) is 0 Å². The summed E-state index contributed by atoms with van der Waals surface area (Å²) in [4.78, 5) is 11.8. The third kappa shape index (κ3) is 3.02. The largest absolute Gasteiger partial charge is 0.508 e. The molecule has 0 aliphatic rings. The van der Waals surface area contributed by atoms with Gasteiger partial charge in [0.1, 0.15) is 12.4 Å². The molecule has 3 nitrogen and oxygen atoms in total. The van der Waals surface area contributed by atoms with E-state index in [1.165, 1.54) is 18.2 Å². The number of carbonyl (C=O) groups excluding carboxylic acids is 1. The second-order valence-electron chi connectivity index (χ2n) is 3.73. The van der Waals surface area contributed by atoms with Crippen LogP contribution in [0.5, 0.6) is 5.75 Å². The molecule has 2 rings (SSSR count). The zero-order valence-electron chi connectivity index (χ0n) is 9.47. The lowest BCUT2D eigenvalue weighted by Gasteiger charge is -2.06. The van der Waals surface area contributed by atoms with Gasteiger partial charge in [0, 0.05) is 0 Å². The maximum Gasteiger partial charge on any atom is 0.339 e. The lowest BCUT2D eigenvalue weighted by atomic mass is 10.2. The van der Waals surface area contributed by atoms with Crippen molar-refractivity contribution < 1.29 is 14.6 Å². The summed E-state index contributed by atoms with van der Waals surface area (Å²) in [7, 11) is 0. The summed E-state index contributed by atoms with van der Waals surface area (Å²) in [6.45, 7) is 0.191. The van der Waals surface area contributed by atoms with Gasteiger partial charge in [0.25, 0.3) is 0 Å². The van der Waals surface area contributed by atoms with E-state index in [9.17, 15) is 9.90 Å². The first-order valence-electron chi connectivity index (χ1n) is 5.36. The smallest absolute Gasteiger partial charge is 0.339 e. The van der Waals surface area contributed by atoms with Gasteiger partial charge in [-0.2, -0.15) is 0 Å². The van der Waals surface area contributed by atoms with Crippen molar-refractivity contribution in [3.63, 3.8) is 0 Å². The first kappa shape index (κ1) is 12.5. The standard InChI is InChI=1S/C14H11ClO3/c15-13-8-11(16)6-7-12(13)14(17)18-9-10-4-2-1-3-5-10/h1-8,16H,9H2. The molecule has 0 radical (unpaired) electrons. The third-order valence-corrected chi connectivity index (χ3v) is 2.70. The Kier molecular flexibility index (Phi) is 3.85. The van der Waals surface area contributed by atoms with Crippen LogP contribution < -0.4 is 0 Å². The van der Waals surface area contributed by atoms with E-state index in [-0.39, 0.29) is 22.9 Å². The lowest BCUT2D eigenvalue weighted by molar-refractivity contribution is 0.0473. The van der Waals surface area contributed by atoms with E-state index in [1.54, 1.807) is 0 Å². The van der Waals surface area contributed by atoms with Crippen LogP contribution in [0.3, 0.4) is 0 Å². The summed E-state index contributed by atoms with van der Waals surface area (Å²) in [5.41, 5.74) is 1.14. The minimum atomic E-state index is -0.510. The van der Waals surface area contributed by atoms with E-state index < -0.39 is 5.97 Å². The molecule has 0 unspecified atom stereocenters. The average Bonchev–Trinajstić information content (AvgIpc) is 2.37. The normalized spacial score (nSPS) is 10.1. The van der Waals surface area contributed by atoms with Crippen LogP contribution in [0.25, 0.3) is 0 Å². The topological polar surface area (TPSA) is 46.5 Å². The maximum atomic E-state index is 11.8. The highest BCUT2D eigenvalue weighted by Gasteiger charge is 2.12. The monoisotopic (exact) mass is 262 g/mol. The zero-order valence-corrected chi connectivity index (χ0v) is 10.2. The molecule has 0 aliphatic carbocycles. The quantitative estimate of drug-likeness (QED) is 0.863. The molecule has 0 aromatic heterocycles. The molecule has 0 saturated heterocycles. The van der Waals surface area contributed by atoms with Gasteiger partial charge in [-0.15, -0.1) is 0 Å². The molecule has 0 saturated carbocycles. The van der Waals surface area contributed by atoms with Crippen molar-refractivity contribution in [2.75, 3.05) is 0 Å². The second-order valence-corrected chi connectivity index (χ2v) is 4.13. The van der Waals surface area contributed by atoms with Crippen molar-refractivity contribution in [3.05, 3.63) is 64.7 Å². The molecular formula is C14H11ClO3. The Hall–Kier alpha value is -2.00. The Morgan fingerprint density at radius 2 is 1.89 bits per heavy atom. The van der Waals surface area contributed by atoms with Crippen LogP contribution in [-0.2, 0) is 11.3 Å². The van der Waals surface area contributed by atoms with E-state index in [2.05, 4.69) is 0 Å². The van der Waals surface area contributed by atoms with Crippen LogP contribution in [0.15, 0.2) is 48.5 Å². The molecular weight excluding hydrogens is 252 g/mol. The Morgan fingerprint density at radius 3 is 2.56 bits per heavy atom. The van der Waals surface area contributed by atoms with Crippen molar-refractivity contribution in [3.8, 4) is 5.75 Å². The predicted molar refractivity (Wildman–Crippen MR) is 68.7 cm³/mol. The van der Waals surface area contributed by atoms with E-state index in [4.69, 9.17) is 16.3 Å². The zero-order chi connectivity index (χ0) is 13.0. The number of hydrogen-bond donors (Lipinski definition) is 1. The predicted octanol–water partition coefficient (Wildman–Crippen LogP) is 3.40. The fraction of sp³-hybridized carbons (Fsp3) is 0.0714. The number of benzene rings is 2. The Bertz CT molecular complexity index is 552. The minimum absolute atomic E-state index is 0.0135. The summed E-state index contributed by atoms with van der Waals surface area (Å²) in [5, 5.41) is 9.36. The molecule has 0 bridgehead atoms. The van der Waals surface area contributed by atoms with Crippen molar-refractivity contribution in [1.29, 1.82) is 0 Å². The Morgan fingerprint density at radius 1 is 1.17 bits per heavy atom. The first-order chi connectivity index (χ1) is 8.66. The van der Waals surface area contributed by atoms with Crippen molar-refractivity contribution in [1.82, 2.24) is 0 Å². The van der Waals surface area contributed by atoms with E-state index >= 15 is 0 Å². The van der Waals surface area contributed by atoms with E-state index in [1.807, 2.05) is 30.3 Å². The third-order valence-electron chi connectivity index (χ3n) is 2.39. The fourth-order valence-corrected chi connectivity index (χ4v) is 1.72. The van der Waals surface area contributed by atoms with Gasteiger partial charge in [-0.25, -0.2) is 4.79 Å². The molecule has 0 amide bonds. The molecule has 0 aliphatic heterocycles. The summed E-state index contributed by atoms with van der Waals surface area (Å²) in [6.07, 6.45) is 0. The molecule has 0 fully saturated rings. The van der Waals surface area contributed by atoms with Gasteiger partial charge >= 0.3 is 5.97 Å². The summed E-state index contributed by atoms with van der Waals surface area (Å²) < 4.78 is 5.13. The second kappa shape index (κ2) is 5.56. The molecule has 0 atom stereocenters. The highest BCUT2D eigenvalue weighted by molar-refractivity contribution is 6.33. The number of rotatable bonds is 3. The summed E-state index contributed by atoms with van der Waals surface area (Å²) in [6, 6.07) is 13.5. The molecule has 1 N–H and O–H groups in total. The SMILES string of the molecule is O=C(OCc1ccccc1)c1ccc(O)cc1Cl. The van der Waals surface area contributed by atoms with Crippen LogP contribution in [0, 0.1) is 0 Å². The Labute approximate surface area is 110 Å². The number of aromatic hydroxyl groups is 1. The average molecular weight is 263 g/mol. The van der Waals surface area contributed by atoms with E-state index in [0.29, 0.717) is 0 Å². The van der Waals surface area contributed by atoms with Gasteiger partial charge in [-0.05, 0) is 23.8 Å². The van der Waals surface area contributed by atoms with Gasteiger partial charge in [0.2, 0.25) is 0 Å². The number of phenols is 1. The van der Waals surface area contributed by atoms with Crippen LogP contribution >= 0.6 is 11.6 Å². The summed E-state index contributed by atoms with van der Waals surface area (Å²) in [5.74, 6) is -0.497. The van der Waals surface area contributed by atoms with Crippen LogP contribution in [0.2, 0.25) is 5.02 Å². The number of ether oxygens (including phenoxy) is 1. The fourth-order valence-electron chi connectivity index (χ4n) is 1.47. The molecule has 18 heavy (non-hydrogen) atoms. The highest BCUT2D eigenvalue weighted by Crippen LogP contribution is 2.22. The van der Waals surface area contributed by atoms with Gasteiger partial charge in [0.15, 0.2) is 0 Å². The molecule has 2 aromatic rings. The summed E-state index contributed by atoms with van der Waals surface area (Å²) >= 11 is 5.85. The van der Waals surface area contributed by atoms with Crippen LogP contribution in [0.1, 0.15) is 15.9 Å². The molecule has 0 heterocycles. The van der Waals surface area contributed by atoms with Gasteiger partial charge in [-0.1, -0.05) is 41.9 Å². The molecule has 4 heteroatoms. The maximum absolute atomic E-state index is 11.8. The van der Waals surface area contributed by atoms with E-state index in [0.717, 1.165) is 5.56 Å². The first-order valence-corrected chi connectivity index (χ1v) is 5.74. The number of phenolic OH excluding ortho intramolecular Hbond substituents is 1.